The van der Waals surface area contributed by atoms with Gasteiger partial charge in [0.1, 0.15) is 22.7 Å². The van der Waals surface area contributed by atoms with Crippen LogP contribution in [-0.4, -0.2) is 43.8 Å². The van der Waals surface area contributed by atoms with E-state index in [0.717, 1.165) is 29.5 Å². The van der Waals surface area contributed by atoms with Crippen LogP contribution in [0.15, 0.2) is 24.3 Å². The van der Waals surface area contributed by atoms with Crippen molar-refractivity contribution in [2.75, 3.05) is 0 Å². The lowest BCUT2D eigenvalue weighted by molar-refractivity contribution is -0.138. The molecule has 1 unspecified atom stereocenters. The molecular formula is C29H36O6. The van der Waals surface area contributed by atoms with Crippen LogP contribution in [0.5, 0.6) is 23.0 Å². The molecule has 3 aliphatic rings. The fraction of sp³-hybridized carbons (Fsp3) is 0.517. The maximum Gasteiger partial charge on any atom is 0.164 e. The van der Waals surface area contributed by atoms with Crippen LogP contribution in [0, 0.1) is 11.3 Å². The zero-order valence-corrected chi connectivity index (χ0v) is 21.1. The largest absolute Gasteiger partial charge is 0.508 e. The van der Waals surface area contributed by atoms with E-state index in [0.29, 0.717) is 29.9 Å². The van der Waals surface area contributed by atoms with E-state index in [1.807, 2.05) is 38.1 Å². The quantitative estimate of drug-likeness (QED) is 0.460. The van der Waals surface area contributed by atoms with E-state index in [2.05, 4.69) is 20.8 Å². The molecule has 5 rings (SSSR count). The number of aliphatic hydroxyl groups excluding tert-OH is 2. The number of benzene rings is 2. The Balaban J connectivity index is 1.45. The Kier molecular flexibility index (Phi) is 5.42. The van der Waals surface area contributed by atoms with E-state index in [9.17, 15) is 20.4 Å². The van der Waals surface area contributed by atoms with Crippen LogP contribution in [0.4, 0.5) is 0 Å². The van der Waals surface area contributed by atoms with E-state index in [1.165, 1.54) is 0 Å². The van der Waals surface area contributed by atoms with Gasteiger partial charge in [-0.1, -0.05) is 26.0 Å². The van der Waals surface area contributed by atoms with Gasteiger partial charge in [0.25, 0.3) is 0 Å². The average molecular weight is 481 g/mol. The first-order valence-corrected chi connectivity index (χ1v) is 12.4. The summed E-state index contributed by atoms with van der Waals surface area (Å²) in [6.45, 7) is 9.95. The molecule has 0 saturated heterocycles. The third-order valence-electron chi connectivity index (χ3n) is 8.59. The molecule has 6 nitrogen and oxygen atoms in total. The third-order valence-corrected chi connectivity index (χ3v) is 8.59. The lowest BCUT2D eigenvalue weighted by Gasteiger charge is -2.55. The molecule has 6 heteroatoms. The maximum absolute atomic E-state index is 10.8. The summed E-state index contributed by atoms with van der Waals surface area (Å²) in [4.78, 5) is 0. The third kappa shape index (κ3) is 3.97. The number of aliphatic hydroxyl groups is 2. The molecule has 4 atom stereocenters. The smallest absolute Gasteiger partial charge is 0.164 e. The summed E-state index contributed by atoms with van der Waals surface area (Å²) < 4.78 is 12.4. The molecule has 188 valence electrons. The van der Waals surface area contributed by atoms with Crippen LogP contribution in [0.25, 0.3) is 12.2 Å². The molecule has 35 heavy (non-hydrogen) atoms. The normalized spacial score (nSPS) is 30.5. The van der Waals surface area contributed by atoms with Gasteiger partial charge in [0, 0.05) is 17.9 Å². The van der Waals surface area contributed by atoms with Crippen LogP contribution in [-0.2, 0) is 12.8 Å². The first-order valence-electron chi connectivity index (χ1n) is 12.4. The molecule has 2 aromatic rings. The van der Waals surface area contributed by atoms with Gasteiger partial charge in [-0.25, -0.2) is 0 Å². The minimum atomic E-state index is -0.735. The van der Waals surface area contributed by atoms with Crippen LogP contribution in [0.2, 0.25) is 0 Å². The summed E-state index contributed by atoms with van der Waals surface area (Å²) in [5.74, 6) is 1.43. The van der Waals surface area contributed by atoms with Gasteiger partial charge in [-0.05, 0) is 86.4 Å². The Morgan fingerprint density at radius 3 is 2.20 bits per heavy atom. The van der Waals surface area contributed by atoms with Crippen molar-refractivity contribution in [2.45, 2.75) is 83.7 Å². The summed E-state index contributed by atoms with van der Waals surface area (Å²) in [6.07, 6.45) is 5.17. The molecule has 4 N–H and O–H groups in total. The molecule has 2 heterocycles. The molecule has 1 saturated carbocycles. The molecule has 2 aromatic carbocycles. The number of hydrogen-bond acceptors (Lipinski definition) is 6. The van der Waals surface area contributed by atoms with Crippen molar-refractivity contribution in [3.63, 3.8) is 0 Å². The van der Waals surface area contributed by atoms with Crippen molar-refractivity contribution < 1.29 is 29.9 Å². The van der Waals surface area contributed by atoms with Gasteiger partial charge in [0.2, 0.25) is 0 Å². The van der Waals surface area contributed by atoms with Crippen molar-refractivity contribution in [3.05, 3.63) is 46.5 Å². The molecule has 0 amide bonds. The van der Waals surface area contributed by atoms with E-state index in [4.69, 9.17) is 9.47 Å². The molecule has 0 spiro atoms. The predicted octanol–water partition coefficient (Wildman–Crippen LogP) is 4.83. The maximum atomic E-state index is 10.8. The predicted molar refractivity (Wildman–Crippen MR) is 135 cm³/mol. The Bertz CT molecular complexity index is 1200. The van der Waals surface area contributed by atoms with Gasteiger partial charge in [-0.3, -0.25) is 0 Å². The highest BCUT2D eigenvalue weighted by atomic mass is 16.5. The highest BCUT2D eigenvalue weighted by molar-refractivity contribution is 5.74. The number of phenols is 2. The molecule has 1 fully saturated rings. The minimum Gasteiger partial charge on any atom is -0.508 e. The van der Waals surface area contributed by atoms with Crippen molar-refractivity contribution in [1.82, 2.24) is 0 Å². The van der Waals surface area contributed by atoms with Gasteiger partial charge >= 0.3 is 0 Å². The number of aromatic hydroxyl groups is 2. The monoisotopic (exact) mass is 480 g/mol. The number of ether oxygens (including phenoxy) is 2. The van der Waals surface area contributed by atoms with Crippen LogP contribution >= 0.6 is 0 Å². The number of phenolic OH excluding ortho intramolecular Hbond substituents is 2. The highest BCUT2D eigenvalue weighted by Crippen LogP contribution is 2.54. The summed E-state index contributed by atoms with van der Waals surface area (Å²) >= 11 is 0. The first kappa shape index (κ1) is 24.0. The Hall–Kier alpha value is -2.70. The summed E-state index contributed by atoms with van der Waals surface area (Å²) in [6, 6.07) is 7.23. The van der Waals surface area contributed by atoms with Gasteiger partial charge in [0.05, 0.1) is 12.2 Å². The SMILES string of the molecule is CC1(C)Oc2cc(/C=C/c3cc(O)c4c(c3)C[C@@H]3C(C)(C)[C@H](O)CC[C@@]3(C)O4)cc(O)c2CC1O. The minimum absolute atomic E-state index is 0.0933. The molecule has 1 aliphatic carbocycles. The number of fused-ring (bicyclic) bond motifs is 3. The zero-order chi connectivity index (χ0) is 25.3. The van der Waals surface area contributed by atoms with Crippen LogP contribution in [0.1, 0.15) is 69.7 Å². The van der Waals surface area contributed by atoms with Crippen LogP contribution in [0.3, 0.4) is 0 Å². The molecule has 0 radical (unpaired) electrons. The first-order chi connectivity index (χ1) is 16.3. The second kappa shape index (κ2) is 7.90. The highest BCUT2D eigenvalue weighted by Gasteiger charge is 2.54. The number of hydrogen-bond donors (Lipinski definition) is 4. The Morgan fingerprint density at radius 2 is 1.49 bits per heavy atom. The van der Waals surface area contributed by atoms with Crippen molar-refractivity contribution in [2.24, 2.45) is 11.3 Å². The Labute approximate surface area is 206 Å². The summed E-state index contributed by atoms with van der Waals surface area (Å²) in [7, 11) is 0. The molecule has 2 aliphatic heterocycles. The fourth-order valence-electron chi connectivity index (χ4n) is 6.13. The van der Waals surface area contributed by atoms with E-state index in [1.54, 1.807) is 12.1 Å². The van der Waals surface area contributed by atoms with Gasteiger partial charge in [-0.15, -0.1) is 0 Å². The Morgan fingerprint density at radius 1 is 0.829 bits per heavy atom. The lowest BCUT2D eigenvalue weighted by Crippen LogP contribution is -2.58. The fourth-order valence-corrected chi connectivity index (χ4v) is 6.13. The second-order valence-electron chi connectivity index (χ2n) is 11.9. The van der Waals surface area contributed by atoms with E-state index in [-0.39, 0.29) is 28.9 Å². The van der Waals surface area contributed by atoms with Crippen LogP contribution < -0.4 is 9.47 Å². The van der Waals surface area contributed by atoms with Gasteiger partial charge in [-0.2, -0.15) is 0 Å². The second-order valence-corrected chi connectivity index (χ2v) is 11.9. The molecular weight excluding hydrogens is 444 g/mol. The topological polar surface area (TPSA) is 99.4 Å². The number of rotatable bonds is 2. The van der Waals surface area contributed by atoms with Crippen molar-refractivity contribution in [1.29, 1.82) is 0 Å². The van der Waals surface area contributed by atoms with Crippen molar-refractivity contribution in [3.8, 4) is 23.0 Å². The average Bonchev–Trinajstić information content (AvgIpc) is 2.76. The zero-order valence-electron chi connectivity index (χ0n) is 21.1. The summed E-state index contributed by atoms with van der Waals surface area (Å²) in [5.41, 5.74) is 1.66. The van der Waals surface area contributed by atoms with E-state index < -0.39 is 17.3 Å². The van der Waals surface area contributed by atoms with Gasteiger partial charge < -0.3 is 29.9 Å². The lowest BCUT2D eigenvalue weighted by atomic mass is 9.57. The molecule has 0 bridgehead atoms. The van der Waals surface area contributed by atoms with E-state index >= 15 is 0 Å². The standard InChI is InChI=1S/C29H36O6/c1-27(2)23-14-18-10-16(12-21(31)26(18)35-29(23,5)9-8-24(27)32)6-7-17-11-20(30)19-15-25(33)28(3,4)34-22(19)13-17/h6-7,10-13,23-25,30-33H,8-9,14-15H2,1-5H3/b7-6+/t23-,24-,25?,29-/m1/s1. The molecule has 0 aromatic heterocycles. The van der Waals surface area contributed by atoms with Crippen molar-refractivity contribution >= 4 is 12.2 Å². The summed E-state index contributed by atoms with van der Waals surface area (Å²) in [5, 5.41) is 42.3. The van der Waals surface area contributed by atoms with Gasteiger partial charge in [0.15, 0.2) is 11.5 Å².